The molecule has 1 amide bonds. The summed E-state index contributed by atoms with van der Waals surface area (Å²) in [5.74, 6) is -0.353. The van der Waals surface area contributed by atoms with Crippen LogP contribution in [0, 0.1) is 31.1 Å². The molecular weight excluding hydrogens is 382 g/mol. The summed E-state index contributed by atoms with van der Waals surface area (Å²) in [6, 6.07) is 5.53. The topological polar surface area (TPSA) is 102 Å². The molecular formula is C22H29N5O3. The average molecular weight is 412 g/mol. The lowest BCUT2D eigenvalue weighted by atomic mass is 10.1. The van der Waals surface area contributed by atoms with Crippen LogP contribution >= 0.6 is 0 Å². The molecule has 0 aliphatic carbocycles. The van der Waals surface area contributed by atoms with Gasteiger partial charge in [-0.1, -0.05) is 13.8 Å². The van der Waals surface area contributed by atoms with Gasteiger partial charge in [0.25, 0.3) is 5.91 Å². The van der Waals surface area contributed by atoms with Crippen molar-refractivity contribution in [1.82, 2.24) is 14.3 Å². The van der Waals surface area contributed by atoms with Gasteiger partial charge in [-0.3, -0.25) is 4.79 Å². The van der Waals surface area contributed by atoms with E-state index < -0.39 is 18.5 Å². The molecule has 0 unspecified atom stereocenters. The number of nitrogens with zero attached hydrogens (tertiary/aromatic N) is 4. The van der Waals surface area contributed by atoms with E-state index in [1.54, 1.807) is 16.9 Å². The van der Waals surface area contributed by atoms with Crippen molar-refractivity contribution in [2.24, 2.45) is 5.92 Å². The standard InChI is InChI=1S/C22H29N5O3/c1-14(2)12-26-16(5)9-18(17(26)6)10-19(11-23)22(29)30-13-21(28)25-20-7-8-24-27(20)15(3)4/h7-10,14-15H,12-13H2,1-6H3,(H,25,28)/b19-10+. The fourth-order valence-electron chi connectivity index (χ4n) is 3.12. The number of esters is 1. The Hall–Kier alpha value is -3.34. The van der Waals surface area contributed by atoms with Gasteiger partial charge >= 0.3 is 5.97 Å². The maximum absolute atomic E-state index is 12.3. The molecule has 30 heavy (non-hydrogen) atoms. The van der Waals surface area contributed by atoms with Gasteiger partial charge < -0.3 is 14.6 Å². The number of ether oxygens (including phenoxy) is 1. The molecule has 0 fully saturated rings. The smallest absolute Gasteiger partial charge is 0.349 e. The number of hydrogen-bond acceptors (Lipinski definition) is 5. The Labute approximate surface area is 177 Å². The lowest BCUT2D eigenvalue weighted by Gasteiger charge is -2.12. The van der Waals surface area contributed by atoms with E-state index >= 15 is 0 Å². The summed E-state index contributed by atoms with van der Waals surface area (Å²) in [6.07, 6.45) is 3.08. The van der Waals surface area contributed by atoms with Gasteiger partial charge in [0.05, 0.1) is 6.20 Å². The van der Waals surface area contributed by atoms with E-state index in [-0.39, 0.29) is 11.6 Å². The van der Waals surface area contributed by atoms with Gasteiger partial charge in [-0.05, 0) is 51.3 Å². The summed E-state index contributed by atoms with van der Waals surface area (Å²) in [6.45, 7) is 12.4. The first kappa shape index (κ1) is 22.9. The number of aromatic nitrogens is 3. The van der Waals surface area contributed by atoms with E-state index in [2.05, 4.69) is 28.8 Å². The number of carbonyl (C=O) groups excluding carboxylic acids is 2. The number of amides is 1. The summed E-state index contributed by atoms with van der Waals surface area (Å²) in [4.78, 5) is 24.5. The van der Waals surface area contributed by atoms with Crippen LogP contribution in [-0.4, -0.2) is 32.8 Å². The Bertz CT molecular complexity index is 989. The van der Waals surface area contributed by atoms with Crippen molar-refractivity contribution >= 4 is 23.8 Å². The molecule has 2 rings (SSSR count). The van der Waals surface area contributed by atoms with Crippen LogP contribution in [0.15, 0.2) is 23.9 Å². The Balaban J connectivity index is 2.06. The van der Waals surface area contributed by atoms with E-state index in [0.717, 1.165) is 23.5 Å². The monoisotopic (exact) mass is 411 g/mol. The molecule has 2 heterocycles. The third-order valence-corrected chi connectivity index (χ3v) is 4.56. The van der Waals surface area contributed by atoms with Crippen LogP contribution in [0.25, 0.3) is 6.08 Å². The summed E-state index contributed by atoms with van der Waals surface area (Å²) >= 11 is 0. The van der Waals surface area contributed by atoms with Gasteiger partial charge in [0, 0.05) is 30.0 Å². The normalized spacial score (nSPS) is 11.6. The minimum absolute atomic E-state index is 0.0701. The molecule has 8 heteroatoms. The Morgan fingerprint density at radius 1 is 1.30 bits per heavy atom. The molecule has 0 saturated carbocycles. The number of anilines is 1. The molecule has 8 nitrogen and oxygen atoms in total. The molecule has 1 N–H and O–H groups in total. The third kappa shape index (κ3) is 5.60. The molecule has 2 aromatic heterocycles. The number of aryl methyl sites for hydroxylation is 1. The second kappa shape index (κ2) is 9.92. The fraction of sp³-hybridized carbons (Fsp3) is 0.455. The molecule has 0 radical (unpaired) electrons. The highest BCUT2D eigenvalue weighted by atomic mass is 16.5. The number of hydrogen-bond donors (Lipinski definition) is 1. The van der Waals surface area contributed by atoms with Crippen LogP contribution < -0.4 is 5.32 Å². The zero-order valence-electron chi connectivity index (χ0n) is 18.4. The zero-order chi connectivity index (χ0) is 22.4. The van der Waals surface area contributed by atoms with Crippen molar-refractivity contribution in [3.63, 3.8) is 0 Å². The van der Waals surface area contributed by atoms with Crippen LogP contribution in [0.3, 0.4) is 0 Å². The van der Waals surface area contributed by atoms with Crippen LogP contribution in [-0.2, 0) is 20.9 Å². The van der Waals surface area contributed by atoms with Crippen molar-refractivity contribution in [1.29, 1.82) is 5.26 Å². The summed E-state index contributed by atoms with van der Waals surface area (Å²) in [7, 11) is 0. The fourth-order valence-corrected chi connectivity index (χ4v) is 3.12. The van der Waals surface area contributed by atoms with E-state index in [1.165, 1.54) is 6.08 Å². The molecule has 0 aromatic carbocycles. The van der Waals surface area contributed by atoms with Gasteiger partial charge in [-0.25, -0.2) is 9.48 Å². The average Bonchev–Trinajstić information content (AvgIpc) is 3.23. The Kier molecular flexibility index (Phi) is 7.59. The van der Waals surface area contributed by atoms with Crippen molar-refractivity contribution in [2.75, 3.05) is 11.9 Å². The largest absolute Gasteiger partial charge is 0.451 e. The van der Waals surface area contributed by atoms with Gasteiger partial charge in [0.15, 0.2) is 6.61 Å². The number of nitrogens with one attached hydrogen (secondary N) is 1. The molecule has 0 saturated heterocycles. The molecule has 2 aromatic rings. The van der Waals surface area contributed by atoms with Gasteiger partial charge in [-0.15, -0.1) is 0 Å². The highest BCUT2D eigenvalue weighted by Gasteiger charge is 2.17. The SMILES string of the molecule is Cc1cc(/C=C(\C#N)C(=O)OCC(=O)Nc2ccnn2C(C)C)c(C)n1CC(C)C. The highest BCUT2D eigenvalue weighted by Crippen LogP contribution is 2.20. The van der Waals surface area contributed by atoms with Crippen molar-refractivity contribution < 1.29 is 14.3 Å². The first-order valence-electron chi connectivity index (χ1n) is 9.93. The summed E-state index contributed by atoms with van der Waals surface area (Å²) in [5.41, 5.74) is 2.66. The lowest BCUT2D eigenvalue weighted by Crippen LogP contribution is -2.23. The third-order valence-electron chi connectivity index (χ3n) is 4.56. The number of carbonyl (C=O) groups is 2. The highest BCUT2D eigenvalue weighted by molar-refractivity contribution is 6.00. The summed E-state index contributed by atoms with van der Waals surface area (Å²) < 4.78 is 8.84. The molecule has 0 atom stereocenters. The summed E-state index contributed by atoms with van der Waals surface area (Å²) in [5, 5.41) is 16.2. The van der Waals surface area contributed by atoms with Crippen molar-refractivity contribution in [3.05, 3.63) is 40.9 Å². The number of rotatable bonds is 8. The predicted molar refractivity (Wildman–Crippen MR) is 115 cm³/mol. The minimum atomic E-state index is -0.835. The van der Waals surface area contributed by atoms with Gasteiger partial charge in [-0.2, -0.15) is 10.4 Å². The first-order valence-corrected chi connectivity index (χ1v) is 9.93. The van der Waals surface area contributed by atoms with Crippen molar-refractivity contribution in [2.45, 2.75) is 54.1 Å². The quantitative estimate of drug-likeness (QED) is 0.406. The lowest BCUT2D eigenvalue weighted by molar-refractivity contribution is -0.142. The van der Waals surface area contributed by atoms with Crippen LogP contribution in [0.1, 0.15) is 50.7 Å². The minimum Gasteiger partial charge on any atom is -0.451 e. The van der Waals surface area contributed by atoms with E-state index in [0.29, 0.717) is 11.7 Å². The van der Waals surface area contributed by atoms with E-state index in [4.69, 9.17) is 4.74 Å². The first-order chi connectivity index (χ1) is 14.1. The van der Waals surface area contributed by atoms with E-state index in [9.17, 15) is 14.9 Å². The van der Waals surface area contributed by atoms with Crippen LogP contribution in [0.5, 0.6) is 0 Å². The van der Waals surface area contributed by atoms with Gasteiger partial charge in [0.1, 0.15) is 17.5 Å². The number of nitriles is 1. The molecule has 160 valence electrons. The van der Waals surface area contributed by atoms with Crippen molar-refractivity contribution in [3.8, 4) is 6.07 Å². The Morgan fingerprint density at radius 2 is 2.00 bits per heavy atom. The maximum atomic E-state index is 12.3. The van der Waals surface area contributed by atoms with Crippen LogP contribution in [0.4, 0.5) is 5.82 Å². The zero-order valence-corrected chi connectivity index (χ0v) is 18.4. The molecule has 0 aliphatic rings. The molecule has 0 bridgehead atoms. The van der Waals surface area contributed by atoms with E-state index in [1.807, 2.05) is 39.8 Å². The Morgan fingerprint density at radius 3 is 2.60 bits per heavy atom. The van der Waals surface area contributed by atoms with Gasteiger partial charge in [0.2, 0.25) is 0 Å². The van der Waals surface area contributed by atoms with Crippen LogP contribution in [0.2, 0.25) is 0 Å². The molecule has 0 spiro atoms. The second-order valence-corrected chi connectivity index (χ2v) is 7.88. The predicted octanol–water partition coefficient (Wildman–Crippen LogP) is 3.63. The second-order valence-electron chi connectivity index (χ2n) is 7.88. The maximum Gasteiger partial charge on any atom is 0.349 e. The molecule has 0 aliphatic heterocycles.